The van der Waals surface area contributed by atoms with Crippen LogP contribution in [0.4, 0.5) is 0 Å². The van der Waals surface area contributed by atoms with Gasteiger partial charge in [0.15, 0.2) is 0 Å². The summed E-state index contributed by atoms with van der Waals surface area (Å²) in [5.74, 6) is 0.00159. The van der Waals surface area contributed by atoms with E-state index in [4.69, 9.17) is 0 Å². The molecule has 0 saturated heterocycles. The maximum Gasteiger partial charge on any atom is 0.233 e. The van der Waals surface area contributed by atoms with Crippen LogP contribution in [0.5, 0.6) is 0 Å². The van der Waals surface area contributed by atoms with Crippen molar-refractivity contribution in [3.63, 3.8) is 0 Å². The third kappa shape index (κ3) is 3.57. The van der Waals surface area contributed by atoms with Crippen LogP contribution in [0.25, 0.3) is 0 Å². The van der Waals surface area contributed by atoms with Crippen LogP contribution in [0.1, 0.15) is 43.8 Å². The first-order valence-corrected chi connectivity index (χ1v) is 6.75. The highest BCUT2D eigenvalue weighted by Gasteiger charge is 2.15. The number of rotatable bonds is 5. The highest BCUT2D eigenvalue weighted by atomic mass is 16.1. The van der Waals surface area contributed by atoms with E-state index in [1.165, 1.54) is 32.1 Å². The van der Waals surface area contributed by atoms with Gasteiger partial charge < -0.3 is 10.6 Å². The fraction of sp³-hybridized carbons (Fsp3) is 0.692. The third-order valence-electron chi connectivity index (χ3n) is 3.48. The topological polar surface area (TPSA) is 59.0 Å². The molecule has 1 fully saturated rings. The molecule has 5 heteroatoms. The summed E-state index contributed by atoms with van der Waals surface area (Å²) in [6, 6.07) is 2.61. The van der Waals surface area contributed by atoms with E-state index in [9.17, 15) is 4.79 Å². The van der Waals surface area contributed by atoms with Crippen LogP contribution >= 0.6 is 0 Å². The lowest BCUT2D eigenvalue weighted by molar-refractivity contribution is -0.119. The van der Waals surface area contributed by atoms with Crippen molar-refractivity contribution in [1.82, 2.24) is 20.4 Å². The number of hydrogen-bond acceptors (Lipinski definition) is 3. The molecule has 1 amide bonds. The number of likely N-dealkylation sites (N-methyl/N-ethyl adjacent to an activating group) is 1. The Bertz CT molecular complexity index is 382. The zero-order valence-corrected chi connectivity index (χ0v) is 11.0. The molecule has 0 spiro atoms. The molecule has 1 saturated carbocycles. The Morgan fingerprint density at radius 1 is 1.44 bits per heavy atom. The monoisotopic (exact) mass is 250 g/mol. The molecule has 2 rings (SSSR count). The largest absolute Gasteiger partial charge is 0.358 e. The molecule has 1 heterocycles. The number of amides is 1. The molecule has 5 nitrogen and oxygen atoms in total. The number of carbonyl (C=O) groups excluding carboxylic acids is 1. The molecular formula is C13H22N4O. The van der Waals surface area contributed by atoms with Gasteiger partial charge in [0.05, 0.1) is 18.3 Å². The van der Waals surface area contributed by atoms with Crippen molar-refractivity contribution in [3.8, 4) is 0 Å². The Labute approximate surface area is 108 Å². The van der Waals surface area contributed by atoms with E-state index < -0.39 is 0 Å². The van der Waals surface area contributed by atoms with E-state index >= 15 is 0 Å². The van der Waals surface area contributed by atoms with Crippen molar-refractivity contribution in [2.45, 2.75) is 44.7 Å². The lowest BCUT2D eigenvalue weighted by Gasteiger charge is -2.21. The number of aromatic nitrogens is 2. The quantitative estimate of drug-likeness (QED) is 0.826. The highest BCUT2D eigenvalue weighted by Crippen LogP contribution is 2.27. The Morgan fingerprint density at radius 2 is 2.22 bits per heavy atom. The highest BCUT2D eigenvalue weighted by molar-refractivity contribution is 5.77. The van der Waals surface area contributed by atoms with Gasteiger partial charge in [-0.1, -0.05) is 19.3 Å². The minimum absolute atomic E-state index is 0.00159. The maximum atomic E-state index is 11.1. The van der Waals surface area contributed by atoms with Crippen LogP contribution in [0, 0.1) is 0 Å². The van der Waals surface area contributed by atoms with E-state index in [1.54, 1.807) is 7.05 Å². The van der Waals surface area contributed by atoms with Crippen molar-refractivity contribution >= 4 is 5.91 Å². The zero-order valence-electron chi connectivity index (χ0n) is 11.0. The van der Waals surface area contributed by atoms with E-state index in [2.05, 4.69) is 26.6 Å². The lowest BCUT2D eigenvalue weighted by Crippen LogP contribution is -2.31. The molecule has 100 valence electrons. The summed E-state index contributed by atoms with van der Waals surface area (Å²) in [6.45, 7) is 0.986. The molecule has 18 heavy (non-hydrogen) atoms. The molecule has 1 aliphatic carbocycles. The van der Waals surface area contributed by atoms with E-state index in [-0.39, 0.29) is 5.91 Å². The molecule has 0 aromatic carbocycles. The normalized spacial score (nSPS) is 16.7. The van der Waals surface area contributed by atoms with Crippen LogP contribution in [0.15, 0.2) is 12.3 Å². The first-order valence-electron chi connectivity index (χ1n) is 6.75. The van der Waals surface area contributed by atoms with Gasteiger partial charge in [-0.3, -0.25) is 9.48 Å². The van der Waals surface area contributed by atoms with Crippen LogP contribution in [0.3, 0.4) is 0 Å². The molecule has 2 N–H and O–H groups in total. The number of nitrogens with one attached hydrogen (secondary N) is 2. The standard InChI is InChI=1S/C13H22N4O/c1-14-13(18)10-15-9-11-7-8-17(16-11)12-5-3-2-4-6-12/h7-8,12,15H,2-6,9-10H2,1H3,(H,14,18). The second-order valence-electron chi connectivity index (χ2n) is 4.86. The van der Waals surface area contributed by atoms with E-state index in [0.29, 0.717) is 19.1 Å². The molecular weight excluding hydrogens is 228 g/mol. The van der Waals surface area contributed by atoms with Gasteiger partial charge in [-0.15, -0.1) is 0 Å². The average Bonchev–Trinajstić information content (AvgIpc) is 2.88. The summed E-state index contributed by atoms with van der Waals surface area (Å²) in [5, 5.41) is 10.2. The van der Waals surface area contributed by atoms with Crippen molar-refractivity contribution in [2.24, 2.45) is 0 Å². The molecule has 0 radical (unpaired) electrons. The predicted octanol–water partition coefficient (Wildman–Crippen LogP) is 1.22. The second kappa shape index (κ2) is 6.54. The maximum absolute atomic E-state index is 11.1. The van der Waals surface area contributed by atoms with Gasteiger partial charge in [0, 0.05) is 19.8 Å². The van der Waals surface area contributed by atoms with Crippen molar-refractivity contribution in [1.29, 1.82) is 0 Å². The van der Waals surface area contributed by atoms with Crippen LogP contribution in [-0.2, 0) is 11.3 Å². The third-order valence-corrected chi connectivity index (χ3v) is 3.48. The Balaban J connectivity index is 1.80. The Morgan fingerprint density at radius 3 is 2.94 bits per heavy atom. The van der Waals surface area contributed by atoms with Gasteiger partial charge in [-0.2, -0.15) is 5.10 Å². The lowest BCUT2D eigenvalue weighted by atomic mass is 9.96. The second-order valence-corrected chi connectivity index (χ2v) is 4.86. The van der Waals surface area contributed by atoms with Gasteiger partial charge in [0.25, 0.3) is 0 Å². The summed E-state index contributed by atoms with van der Waals surface area (Å²) in [4.78, 5) is 11.1. The first kappa shape index (κ1) is 13.1. The number of hydrogen-bond donors (Lipinski definition) is 2. The summed E-state index contributed by atoms with van der Waals surface area (Å²) >= 11 is 0. The predicted molar refractivity (Wildman–Crippen MR) is 70.1 cm³/mol. The van der Waals surface area contributed by atoms with Gasteiger partial charge in [-0.05, 0) is 18.9 Å². The summed E-state index contributed by atoms with van der Waals surface area (Å²) in [5.41, 5.74) is 1.00. The first-order chi connectivity index (χ1) is 8.79. The van der Waals surface area contributed by atoms with Crippen molar-refractivity contribution < 1.29 is 4.79 Å². The average molecular weight is 250 g/mol. The number of nitrogens with zero attached hydrogens (tertiary/aromatic N) is 2. The van der Waals surface area contributed by atoms with Crippen LogP contribution < -0.4 is 10.6 Å². The molecule has 0 atom stereocenters. The summed E-state index contributed by atoms with van der Waals surface area (Å²) < 4.78 is 2.09. The zero-order chi connectivity index (χ0) is 12.8. The summed E-state index contributed by atoms with van der Waals surface area (Å²) in [7, 11) is 1.64. The van der Waals surface area contributed by atoms with Gasteiger partial charge in [0.1, 0.15) is 0 Å². The van der Waals surface area contributed by atoms with E-state index in [0.717, 1.165) is 5.69 Å². The number of carbonyl (C=O) groups is 1. The molecule has 1 aromatic heterocycles. The van der Waals surface area contributed by atoms with Gasteiger partial charge in [-0.25, -0.2) is 0 Å². The van der Waals surface area contributed by atoms with Crippen LogP contribution in [0.2, 0.25) is 0 Å². The fourth-order valence-electron chi connectivity index (χ4n) is 2.41. The molecule has 1 aliphatic rings. The molecule has 0 bridgehead atoms. The SMILES string of the molecule is CNC(=O)CNCc1ccn(C2CCCCC2)n1. The fourth-order valence-corrected chi connectivity index (χ4v) is 2.41. The van der Waals surface area contributed by atoms with Crippen molar-refractivity contribution in [2.75, 3.05) is 13.6 Å². The Kier molecular flexibility index (Phi) is 4.75. The smallest absolute Gasteiger partial charge is 0.233 e. The Hall–Kier alpha value is -1.36. The van der Waals surface area contributed by atoms with Gasteiger partial charge >= 0.3 is 0 Å². The van der Waals surface area contributed by atoms with E-state index in [1.807, 2.05) is 6.07 Å². The minimum atomic E-state index is 0.00159. The molecule has 0 aliphatic heterocycles. The van der Waals surface area contributed by atoms with Crippen LogP contribution in [-0.4, -0.2) is 29.3 Å². The van der Waals surface area contributed by atoms with Gasteiger partial charge in [0.2, 0.25) is 5.91 Å². The van der Waals surface area contributed by atoms with Crippen molar-refractivity contribution in [3.05, 3.63) is 18.0 Å². The molecule has 0 unspecified atom stereocenters. The summed E-state index contributed by atoms with van der Waals surface area (Å²) in [6.07, 6.45) is 8.54. The minimum Gasteiger partial charge on any atom is -0.358 e. The molecule has 1 aromatic rings.